The van der Waals surface area contributed by atoms with E-state index in [1.165, 1.54) is 17.8 Å². The molecule has 2 aromatic heterocycles. The molecule has 0 aliphatic heterocycles. The first-order chi connectivity index (χ1) is 15.0. The Morgan fingerprint density at radius 2 is 2.06 bits per heavy atom. The lowest BCUT2D eigenvalue weighted by molar-refractivity contribution is -0.330. The van der Waals surface area contributed by atoms with Gasteiger partial charge in [-0.25, -0.2) is 4.79 Å². The Morgan fingerprint density at radius 1 is 1.31 bits per heavy atom. The SMILES string of the molecule is CC(C)NC(=O)OC1CCC(c2cc(NC(=O)c3cc(COC(F)(F)F)nn3C)n[nH]2)C1. The first kappa shape index (κ1) is 23.6. The third kappa shape index (κ3) is 6.45. The van der Waals surface area contributed by atoms with Gasteiger partial charge in [-0.05, 0) is 39.2 Å². The maximum Gasteiger partial charge on any atom is 0.522 e. The van der Waals surface area contributed by atoms with Crippen LogP contribution in [0.1, 0.15) is 60.9 Å². The van der Waals surface area contributed by atoms with Gasteiger partial charge in [-0.1, -0.05) is 0 Å². The number of nitrogens with zero attached hydrogens (tertiary/aromatic N) is 3. The lowest BCUT2D eigenvalue weighted by Gasteiger charge is -2.14. The summed E-state index contributed by atoms with van der Waals surface area (Å²) < 4.78 is 46.9. The Hall–Kier alpha value is -3.09. The fraction of sp³-hybridized carbons (Fsp3) is 0.579. The van der Waals surface area contributed by atoms with Crippen molar-refractivity contribution in [1.82, 2.24) is 25.3 Å². The maximum atomic E-state index is 12.5. The maximum absolute atomic E-state index is 12.5. The highest BCUT2D eigenvalue weighted by molar-refractivity contribution is 6.02. The number of aromatic nitrogens is 4. The van der Waals surface area contributed by atoms with Gasteiger partial charge in [0.15, 0.2) is 5.82 Å². The second-order valence-electron chi connectivity index (χ2n) is 7.88. The van der Waals surface area contributed by atoms with Gasteiger partial charge in [0.05, 0.1) is 5.69 Å². The van der Waals surface area contributed by atoms with Crippen LogP contribution >= 0.6 is 0 Å². The zero-order valence-electron chi connectivity index (χ0n) is 17.8. The summed E-state index contributed by atoms with van der Waals surface area (Å²) >= 11 is 0. The summed E-state index contributed by atoms with van der Waals surface area (Å²) in [6.07, 6.45) is -3.29. The van der Waals surface area contributed by atoms with Crippen LogP contribution < -0.4 is 10.6 Å². The molecule has 0 spiro atoms. The molecule has 1 saturated carbocycles. The molecule has 1 aliphatic rings. The second kappa shape index (κ2) is 9.59. The van der Waals surface area contributed by atoms with Crippen LogP contribution in [-0.4, -0.2) is 50.5 Å². The molecular formula is C19H25F3N6O4. The summed E-state index contributed by atoms with van der Waals surface area (Å²) in [6, 6.07) is 2.89. The molecule has 2 amide bonds. The number of hydrogen-bond acceptors (Lipinski definition) is 6. The first-order valence-corrected chi connectivity index (χ1v) is 10.1. The van der Waals surface area contributed by atoms with Crippen LogP contribution in [0.5, 0.6) is 0 Å². The van der Waals surface area contributed by atoms with Crippen LogP contribution in [0.25, 0.3) is 0 Å². The van der Waals surface area contributed by atoms with Crippen molar-refractivity contribution in [2.75, 3.05) is 5.32 Å². The number of aryl methyl sites for hydroxylation is 1. The van der Waals surface area contributed by atoms with Gasteiger partial charge in [0.2, 0.25) is 0 Å². The molecule has 2 aromatic rings. The standard InChI is InChI=1S/C19H25F3N6O4/c1-10(2)23-18(30)32-13-5-4-11(6-13)14-8-16(26-25-14)24-17(29)15-7-12(27-28(15)3)9-31-19(20,21)22/h7-8,10-11,13H,4-6,9H2,1-3H3,(H,23,30)(H2,24,25,26,29). The molecule has 176 valence electrons. The van der Waals surface area contributed by atoms with Crippen molar-refractivity contribution in [1.29, 1.82) is 0 Å². The number of hydrogen-bond donors (Lipinski definition) is 3. The van der Waals surface area contributed by atoms with Crippen molar-refractivity contribution >= 4 is 17.8 Å². The largest absolute Gasteiger partial charge is 0.522 e. The van der Waals surface area contributed by atoms with Gasteiger partial charge in [0.1, 0.15) is 18.4 Å². The Kier molecular flexibility index (Phi) is 7.06. The van der Waals surface area contributed by atoms with E-state index in [9.17, 15) is 22.8 Å². The smallest absolute Gasteiger partial charge is 0.446 e. The van der Waals surface area contributed by atoms with E-state index in [4.69, 9.17) is 4.74 Å². The molecule has 10 nitrogen and oxygen atoms in total. The van der Waals surface area contributed by atoms with E-state index in [-0.39, 0.29) is 35.3 Å². The third-order valence-electron chi connectivity index (χ3n) is 4.89. The number of anilines is 1. The van der Waals surface area contributed by atoms with Gasteiger partial charge >= 0.3 is 12.5 Å². The van der Waals surface area contributed by atoms with Gasteiger partial charge in [0.25, 0.3) is 5.91 Å². The van der Waals surface area contributed by atoms with Crippen LogP contribution in [0.15, 0.2) is 12.1 Å². The number of aromatic amines is 1. The molecule has 0 radical (unpaired) electrons. The molecular weight excluding hydrogens is 433 g/mol. The number of alkyl carbamates (subject to hydrolysis) is 1. The average Bonchev–Trinajstić information content (AvgIpc) is 3.38. The van der Waals surface area contributed by atoms with E-state index in [0.717, 1.165) is 12.1 Å². The number of alkyl halides is 3. The minimum Gasteiger partial charge on any atom is -0.446 e. The van der Waals surface area contributed by atoms with Crippen molar-refractivity contribution in [2.45, 2.75) is 64.1 Å². The predicted octanol–water partition coefficient (Wildman–Crippen LogP) is 3.20. The third-order valence-corrected chi connectivity index (χ3v) is 4.89. The van der Waals surface area contributed by atoms with Crippen LogP contribution in [0.2, 0.25) is 0 Å². The average molecular weight is 458 g/mol. The Bertz CT molecular complexity index is 955. The second-order valence-corrected chi connectivity index (χ2v) is 7.88. The monoisotopic (exact) mass is 458 g/mol. The molecule has 0 aromatic carbocycles. The Morgan fingerprint density at radius 3 is 2.75 bits per heavy atom. The molecule has 1 aliphatic carbocycles. The summed E-state index contributed by atoms with van der Waals surface area (Å²) in [5.74, 6) is -0.219. The van der Waals surface area contributed by atoms with E-state index in [2.05, 4.69) is 30.7 Å². The number of halogens is 3. The van der Waals surface area contributed by atoms with E-state index < -0.39 is 25.0 Å². The molecule has 2 unspecified atom stereocenters. The molecule has 2 heterocycles. The fourth-order valence-electron chi connectivity index (χ4n) is 3.51. The molecule has 0 saturated heterocycles. The summed E-state index contributed by atoms with van der Waals surface area (Å²) in [5.41, 5.74) is 0.817. The number of rotatable bonds is 7. The highest BCUT2D eigenvalue weighted by atomic mass is 19.4. The molecule has 32 heavy (non-hydrogen) atoms. The van der Waals surface area contributed by atoms with Crippen molar-refractivity contribution in [3.63, 3.8) is 0 Å². The number of nitrogens with one attached hydrogen (secondary N) is 3. The minimum atomic E-state index is -4.78. The summed E-state index contributed by atoms with van der Waals surface area (Å²) in [6.45, 7) is 2.90. The predicted molar refractivity (Wildman–Crippen MR) is 106 cm³/mol. The van der Waals surface area contributed by atoms with Gasteiger partial charge < -0.3 is 15.4 Å². The normalized spacial score (nSPS) is 18.7. The van der Waals surface area contributed by atoms with Gasteiger partial charge in [-0.15, -0.1) is 13.2 Å². The van der Waals surface area contributed by atoms with E-state index in [0.29, 0.717) is 12.8 Å². The molecule has 1 fully saturated rings. The summed E-state index contributed by atoms with van der Waals surface area (Å²) in [7, 11) is 1.44. The van der Waals surface area contributed by atoms with Gasteiger partial charge in [-0.3, -0.25) is 19.3 Å². The molecule has 13 heteroatoms. The van der Waals surface area contributed by atoms with Crippen molar-refractivity contribution in [2.24, 2.45) is 7.05 Å². The summed E-state index contributed by atoms with van der Waals surface area (Å²) in [4.78, 5) is 24.2. The quantitative estimate of drug-likeness (QED) is 0.586. The Labute approximate surface area is 181 Å². The fourth-order valence-corrected chi connectivity index (χ4v) is 3.51. The number of amides is 2. The van der Waals surface area contributed by atoms with Crippen molar-refractivity contribution in [3.8, 4) is 0 Å². The van der Waals surface area contributed by atoms with Gasteiger partial charge in [0, 0.05) is 30.8 Å². The highest BCUT2D eigenvalue weighted by Crippen LogP contribution is 2.35. The lowest BCUT2D eigenvalue weighted by Crippen LogP contribution is -2.33. The topological polar surface area (TPSA) is 123 Å². The van der Waals surface area contributed by atoms with E-state index >= 15 is 0 Å². The molecule has 0 bridgehead atoms. The van der Waals surface area contributed by atoms with Crippen molar-refractivity contribution in [3.05, 3.63) is 29.2 Å². The Balaban J connectivity index is 1.55. The molecule has 2 atom stereocenters. The number of H-pyrrole nitrogens is 1. The first-order valence-electron chi connectivity index (χ1n) is 10.1. The number of carbonyl (C=O) groups excluding carboxylic acids is 2. The van der Waals surface area contributed by atoms with Crippen LogP contribution in [0, 0.1) is 0 Å². The highest BCUT2D eigenvalue weighted by Gasteiger charge is 2.31. The number of ether oxygens (including phenoxy) is 2. The van der Waals surface area contributed by atoms with Crippen LogP contribution in [-0.2, 0) is 23.1 Å². The van der Waals surface area contributed by atoms with Crippen molar-refractivity contribution < 1.29 is 32.2 Å². The van der Waals surface area contributed by atoms with Crippen LogP contribution in [0.3, 0.4) is 0 Å². The molecule has 3 rings (SSSR count). The zero-order valence-corrected chi connectivity index (χ0v) is 17.8. The lowest BCUT2D eigenvalue weighted by atomic mass is 10.0. The van der Waals surface area contributed by atoms with E-state index in [1.807, 2.05) is 13.8 Å². The number of carbonyl (C=O) groups is 2. The van der Waals surface area contributed by atoms with E-state index in [1.54, 1.807) is 6.07 Å². The zero-order chi connectivity index (χ0) is 23.5. The molecule has 3 N–H and O–H groups in total. The summed E-state index contributed by atoms with van der Waals surface area (Å²) in [5, 5.41) is 16.1. The minimum absolute atomic E-state index is 0.00820. The van der Waals surface area contributed by atoms with Crippen LogP contribution in [0.4, 0.5) is 23.8 Å². The van der Waals surface area contributed by atoms with Gasteiger partial charge in [-0.2, -0.15) is 10.2 Å².